The molecule has 0 unspecified atom stereocenters. The van der Waals surface area contributed by atoms with Gasteiger partial charge in [-0.2, -0.15) is 4.98 Å². The first-order chi connectivity index (χ1) is 14.7. The van der Waals surface area contributed by atoms with E-state index in [1.165, 1.54) is 20.0 Å². The van der Waals surface area contributed by atoms with Gasteiger partial charge in [-0.1, -0.05) is 0 Å². The second-order valence-corrected chi connectivity index (χ2v) is 8.88. The van der Waals surface area contributed by atoms with E-state index in [-0.39, 0.29) is 5.91 Å². The zero-order chi connectivity index (χ0) is 22.3. The molecule has 2 aromatic rings. The molecule has 0 atom stereocenters. The van der Waals surface area contributed by atoms with Crippen molar-refractivity contribution in [1.29, 1.82) is 0 Å². The van der Waals surface area contributed by atoms with E-state index in [1.807, 2.05) is 13.8 Å². The van der Waals surface area contributed by atoms with Crippen molar-refractivity contribution in [3.05, 3.63) is 30.0 Å². The molecule has 2 amide bonds. The van der Waals surface area contributed by atoms with E-state index in [1.54, 1.807) is 36.3 Å². The standard InChI is InChI=1S/C22H28N6O3/c1-22(2)12-28(11-13-5-6-13)19-16(27(3)20(22)30)10-24-21(26-19)25-15-8-7-14(18(23)29)9-17(15)31-4/h7-10,13H,5-6,11-12H2,1-4H3,(H2,23,29)(H,24,25,26). The van der Waals surface area contributed by atoms with Gasteiger partial charge in [0.25, 0.3) is 0 Å². The van der Waals surface area contributed by atoms with E-state index in [0.717, 1.165) is 12.4 Å². The van der Waals surface area contributed by atoms with Crippen LogP contribution in [0, 0.1) is 11.3 Å². The minimum absolute atomic E-state index is 0.0417. The zero-order valence-electron chi connectivity index (χ0n) is 18.3. The molecule has 0 bridgehead atoms. The number of nitrogens with two attached hydrogens (primary N) is 1. The van der Waals surface area contributed by atoms with Crippen LogP contribution < -0.4 is 25.6 Å². The van der Waals surface area contributed by atoms with E-state index < -0.39 is 11.3 Å². The third-order valence-electron chi connectivity index (χ3n) is 5.79. The van der Waals surface area contributed by atoms with Gasteiger partial charge in [-0.15, -0.1) is 0 Å². The molecule has 0 saturated heterocycles. The molecule has 1 saturated carbocycles. The number of nitrogens with one attached hydrogen (secondary N) is 1. The molecule has 2 aliphatic rings. The molecular formula is C22H28N6O3. The molecule has 1 aliphatic carbocycles. The van der Waals surface area contributed by atoms with Crippen molar-refractivity contribution in [3.63, 3.8) is 0 Å². The molecule has 1 aromatic heterocycles. The summed E-state index contributed by atoms with van der Waals surface area (Å²) in [4.78, 5) is 37.5. The second-order valence-electron chi connectivity index (χ2n) is 8.88. The zero-order valence-corrected chi connectivity index (χ0v) is 18.3. The molecule has 0 spiro atoms. The summed E-state index contributed by atoms with van der Waals surface area (Å²) in [7, 11) is 3.29. The van der Waals surface area contributed by atoms with Gasteiger partial charge in [0.05, 0.1) is 24.4 Å². The fourth-order valence-electron chi connectivity index (χ4n) is 3.91. The number of rotatable bonds is 6. The number of hydrogen-bond donors (Lipinski definition) is 2. The summed E-state index contributed by atoms with van der Waals surface area (Å²) in [6.45, 7) is 5.39. The van der Waals surface area contributed by atoms with Gasteiger partial charge < -0.3 is 25.6 Å². The second kappa shape index (κ2) is 7.72. The van der Waals surface area contributed by atoms with Crippen LogP contribution in [0.25, 0.3) is 0 Å². The van der Waals surface area contributed by atoms with Gasteiger partial charge in [0, 0.05) is 25.7 Å². The quantitative estimate of drug-likeness (QED) is 0.732. The maximum atomic E-state index is 13.0. The summed E-state index contributed by atoms with van der Waals surface area (Å²) in [5.41, 5.74) is 6.48. The SMILES string of the molecule is COc1cc(C(N)=O)ccc1Nc1ncc2c(n1)N(CC1CC1)CC(C)(C)C(=O)N2C. The number of nitrogens with zero attached hydrogens (tertiary/aromatic N) is 4. The molecule has 9 heteroatoms. The number of ether oxygens (including phenoxy) is 1. The Morgan fingerprint density at radius 1 is 1.35 bits per heavy atom. The van der Waals surface area contributed by atoms with Gasteiger partial charge in [-0.3, -0.25) is 9.59 Å². The van der Waals surface area contributed by atoms with Crippen molar-refractivity contribution >= 4 is 35.0 Å². The molecule has 4 rings (SSSR count). The first-order valence-electron chi connectivity index (χ1n) is 10.3. The molecule has 31 heavy (non-hydrogen) atoms. The Balaban J connectivity index is 1.70. The third kappa shape index (κ3) is 4.12. The molecule has 2 heterocycles. The molecular weight excluding hydrogens is 396 g/mol. The van der Waals surface area contributed by atoms with Crippen molar-refractivity contribution in [2.45, 2.75) is 26.7 Å². The molecule has 3 N–H and O–H groups in total. The third-order valence-corrected chi connectivity index (χ3v) is 5.79. The van der Waals surface area contributed by atoms with Gasteiger partial charge in [0.2, 0.25) is 17.8 Å². The van der Waals surface area contributed by atoms with E-state index in [4.69, 9.17) is 15.5 Å². The van der Waals surface area contributed by atoms with Crippen molar-refractivity contribution in [2.24, 2.45) is 17.1 Å². The summed E-state index contributed by atoms with van der Waals surface area (Å²) in [6, 6.07) is 4.89. The summed E-state index contributed by atoms with van der Waals surface area (Å²) in [5, 5.41) is 3.17. The summed E-state index contributed by atoms with van der Waals surface area (Å²) < 4.78 is 5.39. The molecule has 9 nitrogen and oxygen atoms in total. The Hall–Kier alpha value is -3.36. The number of carbonyl (C=O) groups excluding carboxylic acids is 2. The van der Waals surface area contributed by atoms with Gasteiger partial charge >= 0.3 is 0 Å². The first kappa shape index (κ1) is 20.9. The Morgan fingerprint density at radius 2 is 2.10 bits per heavy atom. The van der Waals surface area contributed by atoms with Crippen molar-refractivity contribution in [2.75, 3.05) is 42.4 Å². The smallest absolute Gasteiger partial charge is 0.248 e. The fraction of sp³-hybridized carbons (Fsp3) is 0.455. The van der Waals surface area contributed by atoms with E-state index in [2.05, 4.69) is 15.2 Å². The summed E-state index contributed by atoms with van der Waals surface area (Å²) in [5.74, 6) is 1.72. The van der Waals surface area contributed by atoms with Gasteiger partial charge in [0.1, 0.15) is 11.4 Å². The van der Waals surface area contributed by atoms with Crippen molar-refractivity contribution in [1.82, 2.24) is 9.97 Å². The topological polar surface area (TPSA) is 114 Å². The van der Waals surface area contributed by atoms with E-state index in [9.17, 15) is 9.59 Å². The predicted octanol–water partition coefficient (Wildman–Crippen LogP) is 2.55. The number of aromatic nitrogens is 2. The Morgan fingerprint density at radius 3 is 2.74 bits per heavy atom. The van der Waals surface area contributed by atoms with Crippen LogP contribution in [0.1, 0.15) is 37.0 Å². The highest BCUT2D eigenvalue weighted by atomic mass is 16.5. The number of methoxy groups -OCH3 is 1. The number of hydrogen-bond acceptors (Lipinski definition) is 7. The molecule has 1 aliphatic heterocycles. The minimum atomic E-state index is -0.536. The lowest BCUT2D eigenvalue weighted by molar-refractivity contribution is -0.125. The number of fused-ring (bicyclic) bond motifs is 1. The molecule has 1 aromatic carbocycles. The van der Waals surface area contributed by atoms with Gasteiger partial charge in [-0.25, -0.2) is 4.98 Å². The highest BCUT2D eigenvalue weighted by Gasteiger charge is 2.40. The lowest BCUT2D eigenvalue weighted by atomic mass is 9.91. The summed E-state index contributed by atoms with van der Waals surface area (Å²) in [6.07, 6.45) is 4.08. The molecule has 1 fully saturated rings. The van der Waals surface area contributed by atoms with Crippen LogP contribution in [0.5, 0.6) is 5.75 Å². The van der Waals surface area contributed by atoms with Gasteiger partial charge in [-0.05, 0) is 50.8 Å². The average molecular weight is 425 g/mol. The maximum absolute atomic E-state index is 13.0. The molecule has 164 valence electrons. The van der Waals surface area contributed by atoms with Crippen LogP contribution in [-0.4, -0.2) is 49.0 Å². The highest BCUT2D eigenvalue weighted by molar-refractivity contribution is 6.00. The van der Waals surface area contributed by atoms with Crippen molar-refractivity contribution < 1.29 is 14.3 Å². The monoisotopic (exact) mass is 424 g/mol. The van der Waals surface area contributed by atoms with Crippen LogP contribution in [-0.2, 0) is 4.79 Å². The highest BCUT2D eigenvalue weighted by Crippen LogP contribution is 2.40. The number of carbonyl (C=O) groups is 2. The van der Waals surface area contributed by atoms with E-state index in [0.29, 0.717) is 41.1 Å². The van der Waals surface area contributed by atoms with Crippen molar-refractivity contribution in [3.8, 4) is 5.75 Å². The normalized spacial score (nSPS) is 17.7. The number of primary amides is 1. The summed E-state index contributed by atoms with van der Waals surface area (Å²) >= 11 is 0. The number of amides is 2. The Kier molecular flexibility index (Phi) is 5.20. The maximum Gasteiger partial charge on any atom is 0.248 e. The van der Waals surface area contributed by atoms with Crippen LogP contribution in [0.3, 0.4) is 0 Å². The number of anilines is 4. The van der Waals surface area contributed by atoms with Crippen LogP contribution in [0.4, 0.5) is 23.1 Å². The lowest BCUT2D eigenvalue weighted by Gasteiger charge is -2.29. The Labute approximate surface area is 181 Å². The number of benzene rings is 1. The van der Waals surface area contributed by atoms with Crippen LogP contribution >= 0.6 is 0 Å². The van der Waals surface area contributed by atoms with Crippen LogP contribution in [0.2, 0.25) is 0 Å². The molecule has 0 radical (unpaired) electrons. The van der Waals surface area contributed by atoms with E-state index >= 15 is 0 Å². The van der Waals surface area contributed by atoms with Crippen LogP contribution in [0.15, 0.2) is 24.4 Å². The predicted molar refractivity (Wildman–Crippen MR) is 119 cm³/mol. The Bertz CT molecular complexity index is 1030. The first-order valence-corrected chi connectivity index (χ1v) is 10.3. The largest absolute Gasteiger partial charge is 0.495 e. The van der Waals surface area contributed by atoms with Gasteiger partial charge in [0.15, 0.2) is 5.82 Å². The lowest BCUT2D eigenvalue weighted by Crippen LogP contribution is -2.43. The fourth-order valence-corrected chi connectivity index (χ4v) is 3.91. The minimum Gasteiger partial charge on any atom is -0.495 e. The average Bonchev–Trinajstić information content (AvgIpc) is 3.56.